The topological polar surface area (TPSA) is 126 Å². The van der Waals surface area contributed by atoms with E-state index in [1.54, 1.807) is 12.1 Å². The van der Waals surface area contributed by atoms with Crippen molar-refractivity contribution in [3.8, 4) is 11.5 Å². The van der Waals surface area contributed by atoms with Gasteiger partial charge in [-0.15, -0.1) is 0 Å². The molecule has 2 heterocycles. The number of esters is 2. The summed E-state index contributed by atoms with van der Waals surface area (Å²) in [6.07, 6.45) is -0.441. The van der Waals surface area contributed by atoms with Crippen LogP contribution in [0.1, 0.15) is 30.0 Å². The summed E-state index contributed by atoms with van der Waals surface area (Å²) in [5.41, 5.74) is -0.837. The average molecular weight is 504 g/mol. The monoisotopic (exact) mass is 503 g/mol. The standard InChI is InChI=1S/C24H25NO9S/c1-14-5-7-17(8-6-14)35(29,30)25-12-16-10-19-20(34-13-33-19)11-18(16)24(22(27)31-3,23(28)32-4)15(2)9-21(25)26/h5-8,10-11,15H,9,12-13H2,1-4H3/t15-/m1/s1. The average Bonchev–Trinajstić information content (AvgIpc) is 3.29. The summed E-state index contributed by atoms with van der Waals surface area (Å²) >= 11 is 0. The fraction of sp³-hybridized carbons (Fsp3) is 0.375. The Kier molecular flexibility index (Phi) is 6.22. The Balaban J connectivity index is 1.97. The van der Waals surface area contributed by atoms with E-state index < -0.39 is 52.2 Å². The third kappa shape index (κ3) is 3.79. The molecule has 11 heteroatoms. The summed E-state index contributed by atoms with van der Waals surface area (Å²) in [6.45, 7) is 2.78. The summed E-state index contributed by atoms with van der Waals surface area (Å²) in [6, 6.07) is 9.04. The van der Waals surface area contributed by atoms with Gasteiger partial charge < -0.3 is 18.9 Å². The van der Waals surface area contributed by atoms with Crippen LogP contribution in [0.5, 0.6) is 11.5 Å². The zero-order valence-electron chi connectivity index (χ0n) is 19.7. The van der Waals surface area contributed by atoms with Gasteiger partial charge in [0.2, 0.25) is 12.7 Å². The van der Waals surface area contributed by atoms with Crippen LogP contribution in [0.3, 0.4) is 0 Å². The molecular weight excluding hydrogens is 478 g/mol. The number of carbonyl (C=O) groups excluding carboxylic acids is 3. The summed E-state index contributed by atoms with van der Waals surface area (Å²) < 4.78 is 48.8. The van der Waals surface area contributed by atoms with Crippen LogP contribution in [-0.2, 0) is 45.8 Å². The van der Waals surface area contributed by atoms with Crippen LogP contribution in [0.25, 0.3) is 0 Å². The van der Waals surface area contributed by atoms with Crippen molar-refractivity contribution in [1.82, 2.24) is 4.31 Å². The molecule has 35 heavy (non-hydrogen) atoms. The highest BCUT2D eigenvalue weighted by Crippen LogP contribution is 2.46. The van der Waals surface area contributed by atoms with Gasteiger partial charge in [0.25, 0.3) is 10.0 Å². The molecule has 2 aliphatic heterocycles. The predicted molar refractivity (Wildman–Crippen MR) is 121 cm³/mol. The molecule has 0 fully saturated rings. The van der Waals surface area contributed by atoms with Crippen LogP contribution in [0.15, 0.2) is 41.3 Å². The first kappa shape index (κ1) is 24.5. The second-order valence-electron chi connectivity index (χ2n) is 8.48. The van der Waals surface area contributed by atoms with E-state index in [1.807, 2.05) is 6.92 Å². The lowest BCUT2D eigenvalue weighted by Crippen LogP contribution is -2.54. The molecule has 0 unspecified atom stereocenters. The Morgan fingerprint density at radius 1 is 1.03 bits per heavy atom. The number of amides is 1. The Morgan fingerprint density at radius 2 is 1.60 bits per heavy atom. The van der Waals surface area contributed by atoms with Crippen LogP contribution in [-0.4, -0.2) is 51.6 Å². The van der Waals surface area contributed by atoms with Crippen molar-refractivity contribution in [2.75, 3.05) is 21.0 Å². The summed E-state index contributed by atoms with van der Waals surface area (Å²) in [5.74, 6) is -3.10. The van der Waals surface area contributed by atoms with Crippen molar-refractivity contribution in [3.63, 3.8) is 0 Å². The normalized spacial score (nSPS) is 18.8. The molecule has 186 valence electrons. The minimum Gasteiger partial charge on any atom is -0.468 e. The number of fused-ring (bicyclic) bond motifs is 2. The molecule has 2 aromatic rings. The number of ether oxygens (including phenoxy) is 4. The minimum absolute atomic E-state index is 0.0563. The van der Waals surface area contributed by atoms with E-state index in [-0.39, 0.29) is 28.6 Å². The van der Waals surface area contributed by atoms with Crippen molar-refractivity contribution in [3.05, 3.63) is 53.1 Å². The molecular formula is C24H25NO9S. The third-order valence-corrected chi connectivity index (χ3v) is 8.24. The first-order valence-electron chi connectivity index (χ1n) is 10.8. The van der Waals surface area contributed by atoms with Gasteiger partial charge in [0.15, 0.2) is 16.9 Å². The van der Waals surface area contributed by atoms with Gasteiger partial charge in [0.1, 0.15) is 0 Å². The fourth-order valence-corrected chi connectivity index (χ4v) is 5.98. The van der Waals surface area contributed by atoms with Crippen molar-refractivity contribution >= 4 is 27.9 Å². The number of hydrogen-bond donors (Lipinski definition) is 0. The molecule has 0 spiro atoms. The van der Waals surface area contributed by atoms with E-state index in [1.165, 1.54) is 31.2 Å². The highest BCUT2D eigenvalue weighted by atomic mass is 32.2. The highest BCUT2D eigenvalue weighted by Gasteiger charge is 2.57. The van der Waals surface area contributed by atoms with E-state index in [4.69, 9.17) is 18.9 Å². The lowest BCUT2D eigenvalue weighted by molar-refractivity contribution is -0.165. The van der Waals surface area contributed by atoms with Crippen LogP contribution in [0.4, 0.5) is 0 Å². The minimum atomic E-state index is -4.26. The second kappa shape index (κ2) is 8.88. The van der Waals surface area contributed by atoms with Crippen LogP contribution >= 0.6 is 0 Å². The number of aryl methyl sites for hydroxylation is 1. The van der Waals surface area contributed by atoms with E-state index in [0.717, 1.165) is 24.1 Å². The predicted octanol–water partition coefficient (Wildman–Crippen LogP) is 2.06. The summed E-state index contributed by atoms with van der Waals surface area (Å²) in [4.78, 5) is 39.8. The zero-order valence-corrected chi connectivity index (χ0v) is 20.5. The van der Waals surface area contributed by atoms with Crippen molar-refractivity contribution in [2.45, 2.75) is 37.1 Å². The van der Waals surface area contributed by atoms with E-state index in [0.29, 0.717) is 5.75 Å². The molecule has 1 atom stereocenters. The van der Waals surface area contributed by atoms with Gasteiger partial charge in [-0.1, -0.05) is 24.6 Å². The van der Waals surface area contributed by atoms with Gasteiger partial charge in [-0.05, 0) is 48.2 Å². The third-order valence-electron chi connectivity index (χ3n) is 6.46. The molecule has 0 radical (unpaired) electrons. The lowest BCUT2D eigenvalue weighted by atomic mass is 9.67. The number of methoxy groups -OCH3 is 2. The molecule has 0 N–H and O–H groups in total. The zero-order chi connectivity index (χ0) is 25.5. The number of benzene rings is 2. The molecule has 0 aromatic heterocycles. The molecule has 1 amide bonds. The first-order chi connectivity index (χ1) is 16.6. The molecule has 0 aliphatic carbocycles. The second-order valence-corrected chi connectivity index (χ2v) is 10.3. The lowest BCUT2D eigenvalue weighted by Gasteiger charge is -2.38. The maximum atomic E-state index is 13.5. The number of sulfonamides is 1. The number of rotatable bonds is 4. The number of hydrogen-bond acceptors (Lipinski definition) is 9. The van der Waals surface area contributed by atoms with Crippen molar-refractivity contribution < 1.29 is 41.7 Å². The van der Waals surface area contributed by atoms with Crippen LogP contribution in [0.2, 0.25) is 0 Å². The number of carbonyl (C=O) groups is 3. The SMILES string of the molecule is COC(=O)C1(C(=O)OC)c2cc3c(cc2CN(S(=O)(=O)c2ccc(C)cc2)C(=O)C[C@H]1C)OCO3. The molecule has 0 bridgehead atoms. The van der Waals surface area contributed by atoms with E-state index >= 15 is 0 Å². The van der Waals surface area contributed by atoms with Gasteiger partial charge in [0.05, 0.1) is 25.7 Å². The Bertz CT molecular complexity index is 1290. The summed E-state index contributed by atoms with van der Waals surface area (Å²) in [7, 11) is -2.00. The first-order valence-corrected chi connectivity index (χ1v) is 12.2. The largest absolute Gasteiger partial charge is 0.468 e. The van der Waals surface area contributed by atoms with Gasteiger partial charge >= 0.3 is 11.9 Å². The maximum absolute atomic E-state index is 13.5. The van der Waals surface area contributed by atoms with Crippen molar-refractivity contribution in [2.24, 2.45) is 5.92 Å². The van der Waals surface area contributed by atoms with Crippen LogP contribution in [0, 0.1) is 12.8 Å². The molecule has 0 saturated carbocycles. The molecule has 0 saturated heterocycles. The molecule has 2 aliphatic rings. The van der Waals surface area contributed by atoms with Gasteiger partial charge in [0, 0.05) is 6.42 Å². The number of nitrogens with zero attached hydrogens (tertiary/aromatic N) is 1. The fourth-order valence-electron chi connectivity index (χ4n) is 4.59. The van der Waals surface area contributed by atoms with Crippen LogP contribution < -0.4 is 9.47 Å². The Morgan fingerprint density at radius 3 is 2.17 bits per heavy atom. The Labute approximate surface area is 202 Å². The Hall–Kier alpha value is -3.60. The quantitative estimate of drug-likeness (QED) is 0.455. The molecule has 2 aromatic carbocycles. The van der Waals surface area contributed by atoms with E-state index in [9.17, 15) is 22.8 Å². The van der Waals surface area contributed by atoms with Gasteiger partial charge in [-0.2, -0.15) is 0 Å². The van der Waals surface area contributed by atoms with Gasteiger partial charge in [-0.25, -0.2) is 12.7 Å². The smallest absolute Gasteiger partial charge is 0.328 e. The van der Waals surface area contributed by atoms with E-state index in [2.05, 4.69) is 0 Å². The highest BCUT2D eigenvalue weighted by molar-refractivity contribution is 7.89. The maximum Gasteiger partial charge on any atom is 0.328 e. The molecule has 10 nitrogen and oxygen atoms in total. The summed E-state index contributed by atoms with van der Waals surface area (Å²) in [5, 5.41) is 0. The molecule has 4 rings (SSSR count). The van der Waals surface area contributed by atoms with Crippen molar-refractivity contribution in [1.29, 1.82) is 0 Å². The van der Waals surface area contributed by atoms with Gasteiger partial charge in [-0.3, -0.25) is 14.4 Å².